The standard InChI is InChI=1S/C20H23N3O3S/c1-23(17-10-11-27(25,26)13-17)20(24)21-16-9-8-15-7-6-14-4-2-3-5-18(14)22-19(15)12-16/h2-5,8-9,12,17,22H,6-7,10-11,13H2,1H3,(H,21,24)/t17-/m0/s1. The lowest BCUT2D eigenvalue weighted by Crippen LogP contribution is -2.40. The van der Waals surface area contributed by atoms with Gasteiger partial charge in [-0.25, -0.2) is 13.2 Å². The Morgan fingerprint density at radius 3 is 2.59 bits per heavy atom. The summed E-state index contributed by atoms with van der Waals surface area (Å²) in [5, 5.41) is 6.36. The average Bonchev–Trinajstić information content (AvgIpc) is 2.90. The summed E-state index contributed by atoms with van der Waals surface area (Å²) in [7, 11) is -1.37. The molecule has 2 amide bonds. The summed E-state index contributed by atoms with van der Waals surface area (Å²) in [4.78, 5) is 14.0. The highest BCUT2D eigenvalue weighted by Gasteiger charge is 2.32. The van der Waals surface area contributed by atoms with E-state index in [1.807, 2.05) is 30.3 Å². The first kappa shape index (κ1) is 17.9. The fraction of sp³-hybridized carbons (Fsp3) is 0.350. The van der Waals surface area contributed by atoms with Gasteiger partial charge < -0.3 is 15.5 Å². The SMILES string of the molecule is CN(C(=O)Nc1ccc2c(c1)Nc1ccccc1CC2)[C@H]1CCS(=O)(=O)C1. The molecule has 1 fully saturated rings. The van der Waals surface area contributed by atoms with Crippen LogP contribution in [0.3, 0.4) is 0 Å². The van der Waals surface area contributed by atoms with E-state index >= 15 is 0 Å². The normalized spacial score (nSPS) is 20.0. The van der Waals surface area contributed by atoms with E-state index in [1.54, 1.807) is 7.05 Å². The molecule has 2 N–H and O–H groups in total. The minimum Gasteiger partial charge on any atom is -0.355 e. The summed E-state index contributed by atoms with van der Waals surface area (Å²) in [5.41, 5.74) is 5.26. The molecule has 2 heterocycles. The van der Waals surface area contributed by atoms with Crippen molar-refractivity contribution in [3.8, 4) is 0 Å². The molecule has 0 aliphatic carbocycles. The quantitative estimate of drug-likeness (QED) is 0.832. The highest BCUT2D eigenvalue weighted by molar-refractivity contribution is 7.91. The molecule has 0 radical (unpaired) electrons. The Morgan fingerprint density at radius 1 is 1.11 bits per heavy atom. The van der Waals surface area contributed by atoms with Crippen molar-refractivity contribution in [1.82, 2.24) is 4.90 Å². The van der Waals surface area contributed by atoms with Crippen molar-refractivity contribution in [1.29, 1.82) is 0 Å². The summed E-state index contributed by atoms with van der Waals surface area (Å²) in [6.45, 7) is 0. The van der Waals surface area contributed by atoms with Crippen LogP contribution < -0.4 is 10.6 Å². The molecule has 1 saturated heterocycles. The number of carbonyl (C=O) groups excluding carboxylic acids is 1. The lowest BCUT2D eigenvalue weighted by molar-refractivity contribution is 0.209. The van der Waals surface area contributed by atoms with Crippen LogP contribution in [0.5, 0.6) is 0 Å². The summed E-state index contributed by atoms with van der Waals surface area (Å²) in [6.07, 6.45) is 2.41. The highest BCUT2D eigenvalue weighted by atomic mass is 32.2. The number of anilines is 3. The minimum atomic E-state index is -3.02. The summed E-state index contributed by atoms with van der Waals surface area (Å²) >= 11 is 0. The van der Waals surface area contributed by atoms with E-state index in [0.29, 0.717) is 12.1 Å². The molecule has 6 nitrogen and oxygen atoms in total. The third kappa shape index (κ3) is 3.78. The Bertz CT molecular complexity index is 988. The lowest BCUT2D eigenvalue weighted by atomic mass is 10.0. The van der Waals surface area contributed by atoms with Gasteiger partial charge in [-0.3, -0.25) is 0 Å². The van der Waals surface area contributed by atoms with E-state index in [4.69, 9.17) is 0 Å². The van der Waals surface area contributed by atoms with E-state index in [1.165, 1.54) is 16.0 Å². The van der Waals surface area contributed by atoms with Crippen LogP contribution in [0.1, 0.15) is 17.5 Å². The smallest absolute Gasteiger partial charge is 0.321 e. The van der Waals surface area contributed by atoms with Crippen molar-refractivity contribution in [2.45, 2.75) is 25.3 Å². The van der Waals surface area contributed by atoms with E-state index in [-0.39, 0.29) is 23.6 Å². The van der Waals surface area contributed by atoms with E-state index in [2.05, 4.69) is 22.8 Å². The lowest BCUT2D eigenvalue weighted by Gasteiger charge is -2.24. The van der Waals surface area contributed by atoms with Gasteiger partial charge in [0.2, 0.25) is 0 Å². The van der Waals surface area contributed by atoms with Crippen molar-refractivity contribution >= 4 is 32.9 Å². The number of amides is 2. The zero-order valence-electron chi connectivity index (χ0n) is 15.2. The van der Waals surface area contributed by atoms with Gasteiger partial charge in [0.05, 0.1) is 11.5 Å². The molecular formula is C20H23N3O3S. The van der Waals surface area contributed by atoms with Crippen LogP contribution in [0.2, 0.25) is 0 Å². The first-order valence-corrected chi connectivity index (χ1v) is 11.0. The van der Waals surface area contributed by atoms with Crippen molar-refractivity contribution in [3.63, 3.8) is 0 Å². The molecule has 0 saturated carbocycles. The van der Waals surface area contributed by atoms with Gasteiger partial charge in [0.25, 0.3) is 0 Å². The van der Waals surface area contributed by atoms with Gasteiger partial charge >= 0.3 is 6.03 Å². The van der Waals surface area contributed by atoms with Crippen LogP contribution in [0.25, 0.3) is 0 Å². The predicted molar refractivity (Wildman–Crippen MR) is 107 cm³/mol. The number of urea groups is 1. The van der Waals surface area contributed by atoms with Gasteiger partial charge in [0.1, 0.15) is 0 Å². The molecule has 2 aliphatic rings. The number of hydrogen-bond donors (Lipinski definition) is 2. The molecule has 7 heteroatoms. The number of aryl methyl sites for hydroxylation is 2. The first-order valence-electron chi connectivity index (χ1n) is 9.13. The van der Waals surface area contributed by atoms with Crippen molar-refractivity contribution in [3.05, 3.63) is 53.6 Å². The Morgan fingerprint density at radius 2 is 1.85 bits per heavy atom. The summed E-state index contributed by atoms with van der Waals surface area (Å²) in [5.74, 6) is 0.191. The second-order valence-electron chi connectivity index (χ2n) is 7.25. The Labute approximate surface area is 159 Å². The third-order valence-electron chi connectivity index (χ3n) is 5.39. The fourth-order valence-electron chi connectivity index (χ4n) is 3.72. The highest BCUT2D eigenvalue weighted by Crippen LogP contribution is 2.31. The van der Waals surface area contributed by atoms with Gasteiger partial charge in [0.15, 0.2) is 9.84 Å². The zero-order valence-corrected chi connectivity index (χ0v) is 16.1. The molecule has 2 aromatic carbocycles. The van der Waals surface area contributed by atoms with E-state index in [0.717, 1.165) is 24.2 Å². The topological polar surface area (TPSA) is 78.5 Å². The van der Waals surface area contributed by atoms with Crippen LogP contribution in [-0.4, -0.2) is 43.9 Å². The van der Waals surface area contributed by atoms with Crippen LogP contribution >= 0.6 is 0 Å². The fourth-order valence-corrected chi connectivity index (χ4v) is 5.50. The summed E-state index contributed by atoms with van der Waals surface area (Å²) in [6, 6.07) is 13.6. The largest absolute Gasteiger partial charge is 0.355 e. The maximum Gasteiger partial charge on any atom is 0.321 e. The molecule has 2 aliphatic heterocycles. The van der Waals surface area contributed by atoms with Crippen LogP contribution in [-0.2, 0) is 22.7 Å². The van der Waals surface area contributed by atoms with Gasteiger partial charge in [-0.15, -0.1) is 0 Å². The van der Waals surface area contributed by atoms with E-state index < -0.39 is 9.84 Å². The molecule has 4 rings (SSSR count). The number of nitrogens with one attached hydrogen (secondary N) is 2. The number of hydrogen-bond acceptors (Lipinski definition) is 4. The minimum absolute atomic E-state index is 0.0411. The summed E-state index contributed by atoms with van der Waals surface area (Å²) < 4.78 is 23.3. The first-order chi connectivity index (χ1) is 12.9. The van der Waals surface area contributed by atoms with Crippen molar-refractivity contribution < 1.29 is 13.2 Å². The molecule has 0 bridgehead atoms. The zero-order chi connectivity index (χ0) is 19.0. The van der Waals surface area contributed by atoms with E-state index in [9.17, 15) is 13.2 Å². The van der Waals surface area contributed by atoms with Crippen LogP contribution in [0, 0.1) is 0 Å². The van der Waals surface area contributed by atoms with Gasteiger partial charge in [-0.2, -0.15) is 0 Å². The van der Waals surface area contributed by atoms with Crippen LogP contribution in [0.15, 0.2) is 42.5 Å². The number of rotatable bonds is 2. The number of nitrogens with zero attached hydrogens (tertiary/aromatic N) is 1. The molecule has 142 valence electrons. The molecule has 0 spiro atoms. The molecule has 27 heavy (non-hydrogen) atoms. The van der Waals surface area contributed by atoms with Gasteiger partial charge in [0, 0.05) is 30.2 Å². The second-order valence-corrected chi connectivity index (χ2v) is 9.48. The van der Waals surface area contributed by atoms with Crippen LogP contribution in [0.4, 0.5) is 21.9 Å². The monoisotopic (exact) mass is 385 g/mol. The maximum absolute atomic E-state index is 12.5. The second kappa shape index (κ2) is 6.88. The Hall–Kier alpha value is -2.54. The molecule has 2 aromatic rings. The number of carbonyl (C=O) groups is 1. The number of fused-ring (bicyclic) bond motifs is 2. The van der Waals surface area contributed by atoms with Gasteiger partial charge in [-0.1, -0.05) is 24.3 Å². The molecule has 0 unspecified atom stereocenters. The maximum atomic E-state index is 12.5. The third-order valence-corrected chi connectivity index (χ3v) is 7.14. The predicted octanol–water partition coefficient (Wildman–Crippen LogP) is 3.18. The van der Waals surface area contributed by atoms with Gasteiger partial charge in [-0.05, 0) is 48.6 Å². The molecule has 1 atom stereocenters. The van der Waals surface area contributed by atoms with Crippen molar-refractivity contribution in [2.24, 2.45) is 0 Å². The molecule has 0 aromatic heterocycles. The Kier molecular flexibility index (Phi) is 4.55. The number of para-hydroxylation sites is 1. The number of benzene rings is 2. The Balaban J connectivity index is 1.50. The average molecular weight is 385 g/mol. The number of sulfone groups is 1. The van der Waals surface area contributed by atoms with Crippen molar-refractivity contribution in [2.75, 3.05) is 29.2 Å². The molecular weight excluding hydrogens is 362 g/mol.